The third kappa shape index (κ3) is 7.06. The average molecular weight is 389 g/mol. The summed E-state index contributed by atoms with van der Waals surface area (Å²) in [5.74, 6) is -0.0379. The van der Waals surface area contributed by atoms with Crippen molar-refractivity contribution < 1.29 is 9.59 Å². The number of carbonyl (C=O) groups is 2. The summed E-state index contributed by atoms with van der Waals surface area (Å²) in [5.41, 5.74) is 3.43. The summed E-state index contributed by atoms with van der Waals surface area (Å²) in [6.45, 7) is 0.815. The van der Waals surface area contributed by atoms with Gasteiger partial charge in [0, 0.05) is 49.5 Å². The lowest BCUT2D eigenvalue weighted by Crippen LogP contribution is -2.28. The smallest absolute Gasteiger partial charge is 0.319 e. The number of nitrogens with one attached hydrogen (secondary N) is 3. The minimum Gasteiger partial charge on any atom is -0.352 e. The number of hydrogen-bond donors (Lipinski definition) is 3. The second kappa shape index (κ2) is 10.6. The molecule has 3 amide bonds. The molecule has 0 radical (unpaired) electrons. The monoisotopic (exact) mass is 389 g/mol. The van der Waals surface area contributed by atoms with Crippen LogP contribution in [-0.2, 0) is 24.3 Å². The fraction of sp³-hybridized carbons (Fsp3) is 0.182. The van der Waals surface area contributed by atoms with E-state index in [4.69, 9.17) is 0 Å². The first-order chi connectivity index (χ1) is 14.2. The largest absolute Gasteiger partial charge is 0.352 e. The van der Waals surface area contributed by atoms with Gasteiger partial charge in [-0.2, -0.15) is 0 Å². The van der Waals surface area contributed by atoms with Gasteiger partial charge in [0.1, 0.15) is 0 Å². The van der Waals surface area contributed by atoms with Crippen LogP contribution in [-0.4, -0.2) is 21.9 Å². The van der Waals surface area contributed by atoms with Gasteiger partial charge in [-0.15, -0.1) is 0 Å². The summed E-state index contributed by atoms with van der Waals surface area (Å²) in [6.07, 6.45) is 6.07. The SMILES string of the molecule is O=C(CCc1ccccn1)NCc1cccc(NC(=O)NCc2ccncc2)c1. The predicted octanol–water partition coefficient (Wildman–Crippen LogP) is 3.05. The van der Waals surface area contributed by atoms with Gasteiger partial charge in [0.25, 0.3) is 0 Å². The minimum absolute atomic E-state index is 0.0379. The molecule has 0 aliphatic carbocycles. The standard InChI is InChI=1S/C22H23N5O2/c28-21(8-7-19-5-1-2-11-24-19)25-16-18-4-3-6-20(14-18)27-22(29)26-15-17-9-12-23-13-10-17/h1-6,9-14H,7-8,15-16H2,(H,25,28)(H2,26,27,29). The van der Waals surface area contributed by atoms with Crippen molar-refractivity contribution in [1.29, 1.82) is 0 Å². The zero-order valence-electron chi connectivity index (χ0n) is 16.0. The van der Waals surface area contributed by atoms with Crippen LogP contribution in [0.4, 0.5) is 10.5 Å². The summed E-state index contributed by atoms with van der Waals surface area (Å²) in [6, 6.07) is 16.4. The number of amides is 3. The topological polar surface area (TPSA) is 96.0 Å². The number of benzene rings is 1. The number of anilines is 1. The van der Waals surface area contributed by atoms with E-state index in [2.05, 4.69) is 25.9 Å². The zero-order chi connectivity index (χ0) is 20.3. The second-order valence-corrected chi connectivity index (χ2v) is 6.46. The van der Waals surface area contributed by atoms with Crippen molar-refractivity contribution in [2.24, 2.45) is 0 Å². The van der Waals surface area contributed by atoms with Crippen LogP contribution in [0.3, 0.4) is 0 Å². The highest BCUT2D eigenvalue weighted by atomic mass is 16.2. The number of aromatic nitrogens is 2. The highest BCUT2D eigenvalue weighted by Gasteiger charge is 2.05. The summed E-state index contributed by atoms with van der Waals surface area (Å²) in [5, 5.41) is 8.49. The predicted molar refractivity (Wildman–Crippen MR) is 111 cm³/mol. The lowest BCUT2D eigenvalue weighted by molar-refractivity contribution is -0.121. The Morgan fingerprint density at radius 2 is 1.66 bits per heavy atom. The molecule has 7 heteroatoms. The van der Waals surface area contributed by atoms with Crippen molar-refractivity contribution in [3.63, 3.8) is 0 Å². The minimum atomic E-state index is -0.293. The maximum atomic E-state index is 12.1. The lowest BCUT2D eigenvalue weighted by atomic mass is 10.2. The van der Waals surface area contributed by atoms with Crippen molar-refractivity contribution in [2.75, 3.05) is 5.32 Å². The molecule has 0 aliphatic heterocycles. The number of rotatable bonds is 8. The van der Waals surface area contributed by atoms with E-state index < -0.39 is 0 Å². The van der Waals surface area contributed by atoms with Gasteiger partial charge in [-0.1, -0.05) is 18.2 Å². The maximum absolute atomic E-state index is 12.1. The van der Waals surface area contributed by atoms with Crippen LogP contribution < -0.4 is 16.0 Å². The molecule has 2 aromatic heterocycles. The molecular formula is C22H23N5O2. The molecule has 1 aromatic carbocycles. The Labute approximate surface area is 169 Å². The third-order valence-electron chi connectivity index (χ3n) is 4.21. The van der Waals surface area contributed by atoms with Gasteiger partial charge in [0.15, 0.2) is 0 Å². The molecule has 0 atom stereocenters. The van der Waals surface area contributed by atoms with Crippen molar-refractivity contribution in [3.8, 4) is 0 Å². The Kier molecular flexibility index (Phi) is 7.28. The van der Waals surface area contributed by atoms with Crippen LogP contribution in [0.5, 0.6) is 0 Å². The van der Waals surface area contributed by atoms with Gasteiger partial charge in [-0.3, -0.25) is 14.8 Å². The number of carbonyl (C=O) groups excluding carboxylic acids is 2. The summed E-state index contributed by atoms with van der Waals surface area (Å²) in [7, 11) is 0. The van der Waals surface area contributed by atoms with Gasteiger partial charge >= 0.3 is 6.03 Å². The number of pyridine rings is 2. The first-order valence-corrected chi connectivity index (χ1v) is 9.38. The van der Waals surface area contributed by atoms with E-state index in [0.717, 1.165) is 16.8 Å². The van der Waals surface area contributed by atoms with E-state index in [9.17, 15) is 9.59 Å². The number of hydrogen-bond acceptors (Lipinski definition) is 4. The first kappa shape index (κ1) is 20.0. The maximum Gasteiger partial charge on any atom is 0.319 e. The Balaban J connectivity index is 1.42. The van der Waals surface area contributed by atoms with Crippen molar-refractivity contribution in [1.82, 2.24) is 20.6 Å². The molecule has 0 saturated carbocycles. The molecule has 7 nitrogen and oxygen atoms in total. The molecule has 0 aliphatic rings. The Morgan fingerprint density at radius 3 is 2.45 bits per heavy atom. The molecule has 148 valence electrons. The molecule has 0 spiro atoms. The van der Waals surface area contributed by atoms with Crippen LogP contribution in [0.2, 0.25) is 0 Å². The summed E-state index contributed by atoms with van der Waals surface area (Å²) in [4.78, 5) is 32.3. The van der Waals surface area contributed by atoms with Crippen LogP contribution in [0, 0.1) is 0 Å². The Bertz CT molecular complexity index is 932. The van der Waals surface area contributed by atoms with Gasteiger partial charge < -0.3 is 16.0 Å². The molecule has 0 fully saturated rings. The normalized spacial score (nSPS) is 10.2. The van der Waals surface area contributed by atoms with Gasteiger partial charge in [0.05, 0.1) is 0 Å². The highest BCUT2D eigenvalue weighted by molar-refractivity contribution is 5.89. The van der Waals surface area contributed by atoms with Gasteiger partial charge in [-0.25, -0.2) is 4.79 Å². The summed E-state index contributed by atoms with van der Waals surface area (Å²) >= 11 is 0. The zero-order valence-corrected chi connectivity index (χ0v) is 16.0. The molecular weight excluding hydrogens is 366 g/mol. The average Bonchev–Trinajstić information content (AvgIpc) is 2.76. The van der Waals surface area contributed by atoms with Crippen molar-refractivity contribution >= 4 is 17.6 Å². The first-order valence-electron chi connectivity index (χ1n) is 9.38. The quantitative estimate of drug-likeness (QED) is 0.552. The molecule has 3 rings (SSSR count). The van der Waals surface area contributed by atoms with Crippen molar-refractivity contribution in [2.45, 2.75) is 25.9 Å². The van der Waals surface area contributed by atoms with Crippen LogP contribution in [0.25, 0.3) is 0 Å². The number of urea groups is 1. The molecule has 0 unspecified atom stereocenters. The highest BCUT2D eigenvalue weighted by Crippen LogP contribution is 2.11. The second-order valence-electron chi connectivity index (χ2n) is 6.46. The third-order valence-corrected chi connectivity index (χ3v) is 4.21. The van der Waals surface area contributed by atoms with Crippen LogP contribution in [0.15, 0.2) is 73.2 Å². The molecule has 0 saturated heterocycles. The fourth-order valence-corrected chi connectivity index (χ4v) is 2.69. The van der Waals surface area contributed by atoms with E-state index in [1.54, 1.807) is 24.7 Å². The van der Waals surface area contributed by atoms with E-state index in [0.29, 0.717) is 31.6 Å². The molecule has 2 heterocycles. The summed E-state index contributed by atoms with van der Waals surface area (Å²) < 4.78 is 0. The number of aryl methyl sites for hydroxylation is 1. The van der Waals surface area contributed by atoms with E-state index >= 15 is 0 Å². The lowest BCUT2D eigenvalue weighted by Gasteiger charge is -2.10. The number of nitrogens with zero attached hydrogens (tertiary/aromatic N) is 2. The van der Waals surface area contributed by atoms with E-state index in [1.807, 2.05) is 48.5 Å². The van der Waals surface area contributed by atoms with E-state index in [-0.39, 0.29) is 11.9 Å². The molecule has 3 aromatic rings. The van der Waals surface area contributed by atoms with Crippen LogP contribution in [0.1, 0.15) is 23.2 Å². The Morgan fingerprint density at radius 1 is 0.828 bits per heavy atom. The molecule has 29 heavy (non-hydrogen) atoms. The van der Waals surface area contributed by atoms with Crippen LogP contribution >= 0.6 is 0 Å². The molecule has 0 bridgehead atoms. The van der Waals surface area contributed by atoms with E-state index in [1.165, 1.54) is 0 Å². The Hall–Kier alpha value is -3.74. The van der Waals surface area contributed by atoms with Gasteiger partial charge in [-0.05, 0) is 53.9 Å². The van der Waals surface area contributed by atoms with Gasteiger partial charge in [0.2, 0.25) is 5.91 Å². The van der Waals surface area contributed by atoms with Crippen molar-refractivity contribution in [3.05, 3.63) is 90.0 Å². The molecule has 3 N–H and O–H groups in total. The fourth-order valence-electron chi connectivity index (χ4n) is 2.69.